The van der Waals surface area contributed by atoms with Crippen molar-refractivity contribution in [2.24, 2.45) is 17.8 Å². The maximum Gasteiger partial charge on any atom is 0.0223 e. The molecule has 2 heterocycles. The molecule has 0 aromatic rings. The van der Waals surface area contributed by atoms with Crippen LogP contribution in [0.5, 0.6) is 0 Å². The molecule has 2 saturated heterocycles. The van der Waals surface area contributed by atoms with E-state index in [1.807, 2.05) is 0 Å². The first kappa shape index (κ1) is 13.6. The highest BCUT2D eigenvalue weighted by molar-refractivity contribution is 4.96. The van der Waals surface area contributed by atoms with Crippen molar-refractivity contribution in [3.63, 3.8) is 0 Å². The minimum absolute atomic E-state index is 0.854. The molecule has 0 amide bonds. The Balaban J connectivity index is 1.42. The van der Waals surface area contributed by atoms with Gasteiger partial charge >= 0.3 is 0 Å². The Kier molecular flexibility index (Phi) is 3.80. The maximum absolute atomic E-state index is 2.89. The lowest BCUT2D eigenvalue weighted by molar-refractivity contribution is 0.0886. The molecular weight excluding hydrogens is 244 g/mol. The molecule has 0 spiro atoms. The average molecular weight is 276 g/mol. The van der Waals surface area contributed by atoms with Crippen molar-refractivity contribution in [3.8, 4) is 0 Å². The van der Waals surface area contributed by atoms with Gasteiger partial charge in [-0.2, -0.15) is 0 Å². The number of fused-ring (bicyclic) bond motifs is 3. The van der Waals surface area contributed by atoms with Crippen LogP contribution in [0.3, 0.4) is 0 Å². The lowest BCUT2D eigenvalue weighted by Crippen LogP contribution is -2.48. The SMILES string of the molecule is CC(C1CC2CCC1C2)N1CCCN2CCCCC2C1. The number of nitrogens with zero attached hydrogens (tertiary/aromatic N) is 2. The van der Waals surface area contributed by atoms with Gasteiger partial charge in [-0.1, -0.05) is 12.8 Å². The molecule has 2 aliphatic heterocycles. The van der Waals surface area contributed by atoms with Crippen LogP contribution < -0.4 is 0 Å². The van der Waals surface area contributed by atoms with E-state index in [4.69, 9.17) is 0 Å². The van der Waals surface area contributed by atoms with Crippen LogP contribution in [0.15, 0.2) is 0 Å². The quantitative estimate of drug-likeness (QED) is 0.763. The Bertz CT molecular complexity index is 342. The molecule has 5 atom stereocenters. The first-order valence-electron chi connectivity index (χ1n) is 9.29. The van der Waals surface area contributed by atoms with Gasteiger partial charge in [-0.05, 0) is 82.8 Å². The van der Waals surface area contributed by atoms with Crippen molar-refractivity contribution in [3.05, 3.63) is 0 Å². The zero-order chi connectivity index (χ0) is 13.5. The molecular formula is C18H32N2. The summed E-state index contributed by atoms with van der Waals surface area (Å²) in [6.45, 7) is 8.03. The van der Waals surface area contributed by atoms with E-state index in [2.05, 4.69) is 16.7 Å². The van der Waals surface area contributed by atoms with Gasteiger partial charge in [-0.25, -0.2) is 0 Å². The van der Waals surface area contributed by atoms with E-state index in [1.165, 1.54) is 51.9 Å². The Labute approximate surface area is 124 Å². The van der Waals surface area contributed by atoms with Gasteiger partial charge in [0.2, 0.25) is 0 Å². The molecule has 0 aromatic carbocycles. The third kappa shape index (κ3) is 2.43. The van der Waals surface area contributed by atoms with Crippen molar-refractivity contribution in [1.29, 1.82) is 0 Å². The second-order valence-corrected chi connectivity index (χ2v) is 8.11. The van der Waals surface area contributed by atoms with Crippen molar-refractivity contribution in [1.82, 2.24) is 9.80 Å². The van der Waals surface area contributed by atoms with Crippen molar-refractivity contribution < 1.29 is 0 Å². The lowest BCUT2D eigenvalue weighted by atomic mass is 9.83. The molecule has 5 unspecified atom stereocenters. The van der Waals surface area contributed by atoms with E-state index in [0.717, 1.165) is 29.8 Å². The molecule has 2 bridgehead atoms. The van der Waals surface area contributed by atoms with Crippen molar-refractivity contribution in [2.45, 2.75) is 70.4 Å². The van der Waals surface area contributed by atoms with Crippen LogP contribution in [0.4, 0.5) is 0 Å². The molecule has 2 heteroatoms. The van der Waals surface area contributed by atoms with Crippen LogP contribution in [0.1, 0.15) is 58.3 Å². The fraction of sp³-hybridized carbons (Fsp3) is 1.00. The first-order chi connectivity index (χ1) is 9.81. The van der Waals surface area contributed by atoms with Gasteiger partial charge in [-0.15, -0.1) is 0 Å². The van der Waals surface area contributed by atoms with E-state index in [1.54, 1.807) is 25.7 Å². The van der Waals surface area contributed by atoms with Crippen LogP contribution in [0, 0.1) is 17.8 Å². The molecule has 20 heavy (non-hydrogen) atoms. The highest BCUT2D eigenvalue weighted by atomic mass is 15.3. The van der Waals surface area contributed by atoms with E-state index in [-0.39, 0.29) is 0 Å². The van der Waals surface area contributed by atoms with Crippen LogP contribution in [-0.4, -0.2) is 48.1 Å². The summed E-state index contributed by atoms with van der Waals surface area (Å²) in [7, 11) is 0. The summed E-state index contributed by atoms with van der Waals surface area (Å²) < 4.78 is 0. The Morgan fingerprint density at radius 3 is 2.60 bits per heavy atom. The number of piperidine rings is 1. The van der Waals surface area contributed by atoms with Crippen LogP contribution >= 0.6 is 0 Å². The van der Waals surface area contributed by atoms with Gasteiger partial charge in [0, 0.05) is 18.6 Å². The molecule has 0 aromatic heterocycles. The zero-order valence-corrected chi connectivity index (χ0v) is 13.3. The highest BCUT2D eigenvalue weighted by Gasteiger charge is 2.43. The van der Waals surface area contributed by atoms with Gasteiger partial charge in [-0.3, -0.25) is 9.80 Å². The molecule has 0 radical (unpaired) electrons. The normalized spacial score (nSPS) is 44.2. The summed E-state index contributed by atoms with van der Waals surface area (Å²) in [6.07, 6.45) is 12.0. The molecule has 0 N–H and O–H groups in total. The Morgan fingerprint density at radius 1 is 0.900 bits per heavy atom. The maximum atomic E-state index is 2.89. The van der Waals surface area contributed by atoms with Crippen LogP contribution in [0.2, 0.25) is 0 Å². The van der Waals surface area contributed by atoms with Crippen molar-refractivity contribution in [2.75, 3.05) is 26.2 Å². The summed E-state index contributed by atoms with van der Waals surface area (Å²) in [6, 6.07) is 1.74. The largest absolute Gasteiger partial charge is 0.299 e. The van der Waals surface area contributed by atoms with E-state index in [9.17, 15) is 0 Å². The summed E-state index contributed by atoms with van der Waals surface area (Å²) in [5.41, 5.74) is 0. The number of rotatable bonds is 2. The first-order valence-corrected chi connectivity index (χ1v) is 9.29. The minimum Gasteiger partial charge on any atom is -0.299 e. The summed E-state index contributed by atoms with van der Waals surface area (Å²) >= 11 is 0. The lowest BCUT2D eigenvalue weighted by Gasteiger charge is -2.40. The number of hydrogen-bond donors (Lipinski definition) is 0. The smallest absolute Gasteiger partial charge is 0.0223 e. The van der Waals surface area contributed by atoms with Gasteiger partial charge in [0.25, 0.3) is 0 Å². The fourth-order valence-electron chi connectivity index (χ4n) is 5.93. The monoisotopic (exact) mass is 276 g/mol. The molecule has 4 aliphatic rings. The third-order valence-electron chi connectivity index (χ3n) is 7.07. The summed E-state index contributed by atoms with van der Waals surface area (Å²) in [5.74, 6) is 3.22. The van der Waals surface area contributed by atoms with Crippen LogP contribution in [-0.2, 0) is 0 Å². The molecule has 2 aliphatic carbocycles. The van der Waals surface area contributed by atoms with Crippen LogP contribution in [0.25, 0.3) is 0 Å². The molecule has 2 nitrogen and oxygen atoms in total. The summed E-state index contributed by atoms with van der Waals surface area (Å²) in [4.78, 5) is 5.69. The minimum atomic E-state index is 0.854. The molecule has 2 saturated carbocycles. The van der Waals surface area contributed by atoms with Gasteiger partial charge in [0.15, 0.2) is 0 Å². The molecule has 4 fully saturated rings. The van der Waals surface area contributed by atoms with Gasteiger partial charge in [0.1, 0.15) is 0 Å². The van der Waals surface area contributed by atoms with Gasteiger partial charge in [0.05, 0.1) is 0 Å². The topological polar surface area (TPSA) is 6.48 Å². The summed E-state index contributed by atoms with van der Waals surface area (Å²) in [5, 5.41) is 0. The molecule has 4 rings (SSSR count). The van der Waals surface area contributed by atoms with E-state index >= 15 is 0 Å². The Morgan fingerprint density at radius 2 is 1.80 bits per heavy atom. The Hall–Kier alpha value is -0.0800. The van der Waals surface area contributed by atoms with E-state index in [0.29, 0.717) is 0 Å². The third-order valence-corrected chi connectivity index (χ3v) is 7.07. The average Bonchev–Trinajstić information content (AvgIpc) is 3.03. The van der Waals surface area contributed by atoms with Gasteiger partial charge < -0.3 is 0 Å². The molecule has 114 valence electrons. The van der Waals surface area contributed by atoms with Crippen molar-refractivity contribution >= 4 is 0 Å². The number of hydrogen-bond acceptors (Lipinski definition) is 2. The fourth-order valence-corrected chi connectivity index (χ4v) is 5.93. The predicted molar refractivity (Wildman–Crippen MR) is 83.8 cm³/mol. The standard InChI is InChI=1S/C18H32N2/c1-14(18-12-15-6-7-16(18)11-15)20-10-4-9-19-8-3-2-5-17(19)13-20/h14-18H,2-13H2,1H3. The zero-order valence-electron chi connectivity index (χ0n) is 13.3. The second kappa shape index (κ2) is 5.61. The second-order valence-electron chi connectivity index (χ2n) is 8.11. The highest BCUT2D eigenvalue weighted by Crippen LogP contribution is 2.50. The predicted octanol–water partition coefficient (Wildman–Crippen LogP) is 3.37. The van der Waals surface area contributed by atoms with E-state index < -0.39 is 0 Å².